The first kappa shape index (κ1) is 8.84. The van der Waals surface area contributed by atoms with Gasteiger partial charge in [0.15, 0.2) is 0 Å². The molecule has 0 heteroatoms. The molecule has 82 valence electrons. The van der Waals surface area contributed by atoms with E-state index in [9.17, 15) is 0 Å². The molecule has 0 amide bonds. The van der Waals surface area contributed by atoms with E-state index in [1.54, 1.807) is 12.8 Å². The van der Waals surface area contributed by atoms with Gasteiger partial charge in [-0.15, -0.1) is 0 Å². The van der Waals surface area contributed by atoms with Gasteiger partial charge >= 0.3 is 0 Å². The normalized spacial score (nSPS) is 59.5. The minimum Gasteiger partial charge on any atom is -0.0848 e. The van der Waals surface area contributed by atoms with E-state index < -0.39 is 0 Å². The van der Waals surface area contributed by atoms with Crippen LogP contribution >= 0.6 is 0 Å². The van der Waals surface area contributed by atoms with E-state index in [1.807, 2.05) is 0 Å². The van der Waals surface area contributed by atoms with Gasteiger partial charge in [0.1, 0.15) is 0 Å². The second-order valence-corrected chi connectivity index (χ2v) is 6.91. The molecule has 7 unspecified atom stereocenters. The minimum absolute atomic E-state index is 0.934. The fourth-order valence-electron chi connectivity index (χ4n) is 5.83. The summed E-state index contributed by atoms with van der Waals surface area (Å²) in [5.41, 5.74) is 0. The van der Waals surface area contributed by atoms with Crippen molar-refractivity contribution in [1.82, 2.24) is 0 Å². The van der Waals surface area contributed by atoms with Gasteiger partial charge < -0.3 is 0 Å². The lowest BCUT2D eigenvalue weighted by Crippen LogP contribution is -2.32. The van der Waals surface area contributed by atoms with Crippen LogP contribution in [0.3, 0.4) is 0 Å². The average Bonchev–Trinajstić information content (AvgIpc) is 2.95. The van der Waals surface area contributed by atoms with Gasteiger partial charge in [-0.3, -0.25) is 0 Å². The summed E-state index contributed by atoms with van der Waals surface area (Å²) < 4.78 is 0. The molecule has 4 bridgehead atoms. The van der Waals surface area contributed by atoms with Crippen LogP contribution in [0.25, 0.3) is 0 Å². The summed E-state index contributed by atoms with van der Waals surface area (Å²) in [6, 6.07) is 0. The lowest BCUT2D eigenvalue weighted by atomic mass is 9.67. The van der Waals surface area contributed by atoms with Crippen molar-refractivity contribution in [3.05, 3.63) is 12.2 Å². The molecule has 0 N–H and O–H groups in total. The zero-order valence-corrected chi connectivity index (χ0v) is 9.89. The average molecular weight is 202 g/mol. The first-order valence-corrected chi connectivity index (χ1v) is 6.94. The highest BCUT2D eigenvalue weighted by Gasteiger charge is 2.60. The molecule has 0 aromatic heterocycles. The van der Waals surface area contributed by atoms with Crippen molar-refractivity contribution in [3.8, 4) is 0 Å². The van der Waals surface area contributed by atoms with E-state index in [2.05, 4.69) is 26.0 Å². The maximum atomic E-state index is 2.56. The first-order chi connectivity index (χ1) is 7.25. The molecular weight excluding hydrogens is 180 g/mol. The van der Waals surface area contributed by atoms with Gasteiger partial charge in [0.25, 0.3) is 0 Å². The zero-order chi connectivity index (χ0) is 10.2. The Kier molecular flexibility index (Phi) is 1.59. The summed E-state index contributed by atoms with van der Waals surface area (Å²) in [5.74, 6) is 8.48. The van der Waals surface area contributed by atoms with Crippen molar-refractivity contribution in [2.24, 2.45) is 47.3 Å². The van der Waals surface area contributed by atoms with Crippen LogP contribution in [-0.4, -0.2) is 0 Å². The molecule has 0 saturated heterocycles. The molecule has 0 heterocycles. The lowest BCUT2D eigenvalue weighted by Gasteiger charge is -2.38. The number of hydrogen-bond donors (Lipinski definition) is 0. The summed E-state index contributed by atoms with van der Waals surface area (Å²) in [6.07, 6.45) is 9.79. The Morgan fingerprint density at radius 2 is 1.67 bits per heavy atom. The Labute approximate surface area is 93.1 Å². The van der Waals surface area contributed by atoms with E-state index in [0.29, 0.717) is 0 Å². The van der Waals surface area contributed by atoms with E-state index in [1.165, 1.54) is 6.42 Å². The minimum atomic E-state index is 0.934. The monoisotopic (exact) mass is 202 g/mol. The first-order valence-electron chi connectivity index (χ1n) is 6.94. The predicted molar refractivity (Wildman–Crippen MR) is 62.3 cm³/mol. The van der Waals surface area contributed by atoms with Crippen LogP contribution in [0, 0.1) is 47.3 Å². The molecule has 4 aliphatic carbocycles. The van der Waals surface area contributed by atoms with Crippen molar-refractivity contribution < 1.29 is 0 Å². The summed E-state index contributed by atoms with van der Waals surface area (Å²) in [5, 5.41) is 0. The third-order valence-electron chi connectivity index (χ3n) is 6.18. The van der Waals surface area contributed by atoms with Gasteiger partial charge in [0, 0.05) is 0 Å². The van der Waals surface area contributed by atoms with Crippen LogP contribution in [0.1, 0.15) is 33.1 Å². The molecule has 7 atom stereocenters. The second-order valence-electron chi connectivity index (χ2n) is 6.91. The third kappa shape index (κ3) is 0.946. The van der Waals surface area contributed by atoms with Crippen molar-refractivity contribution in [2.75, 3.05) is 0 Å². The molecule has 4 rings (SSSR count). The molecular formula is C15H22. The maximum absolute atomic E-state index is 2.56. The van der Waals surface area contributed by atoms with Crippen LogP contribution in [0.5, 0.6) is 0 Å². The molecule has 3 saturated carbocycles. The molecule has 0 spiro atoms. The molecule has 0 aromatic carbocycles. The fraction of sp³-hybridized carbons (Fsp3) is 0.867. The topological polar surface area (TPSA) is 0 Å². The largest absolute Gasteiger partial charge is 0.0848 e. The van der Waals surface area contributed by atoms with Crippen LogP contribution < -0.4 is 0 Å². The molecule has 15 heavy (non-hydrogen) atoms. The Hall–Kier alpha value is -0.260. The third-order valence-corrected chi connectivity index (χ3v) is 6.18. The van der Waals surface area contributed by atoms with E-state index in [4.69, 9.17) is 0 Å². The lowest BCUT2D eigenvalue weighted by molar-refractivity contribution is 0.121. The number of hydrogen-bond acceptors (Lipinski definition) is 0. The molecule has 3 fully saturated rings. The Morgan fingerprint density at radius 1 is 0.933 bits per heavy atom. The smallest absolute Gasteiger partial charge is 0.0194 e. The quantitative estimate of drug-likeness (QED) is 0.449. The highest BCUT2D eigenvalue weighted by atomic mass is 14.7. The van der Waals surface area contributed by atoms with E-state index >= 15 is 0 Å². The highest BCUT2D eigenvalue weighted by molar-refractivity contribution is 5.20. The number of fused-ring (bicyclic) bond motifs is 9. The number of allylic oxidation sites excluding steroid dienone is 2. The molecule has 0 aliphatic heterocycles. The maximum Gasteiger partial charge on any atom is -0.0194 e. The summed E-state index contributed by atoms with van der Waals surface area (Å²) in [4.78, 5) is 0. The van der Waals surface area contributed by atoms with Crippen LogP contribution in [0.4, 0.5) is 0 Å². The van der Waals surface area contributed by atoms with Gasteiger partial charge in [-0.25, -0.2) is 0 Å². The standard InChI is InChI=1S/C15H22/c1-8(2)12-6-11-7-13(12)15-10-4-3-9(5-10)14(11)15/h3-4,8-15H,5-7H2,1-2H3. The van der Waals surface area contributed by atoms with Gasteiger partial charge in [0.2, 0.25) is 0 Å². The molecule has 4 aliphatic rings. The zero-order valence-electron chi connectivity index (χ0n) is 9.89. The van der Waals surface area contributed by atoms with Gasteiger partial charge in [0.05, 0.1) is 0 Å². The summed E-state index contributed by atoms with van der Waals surface area (Å²) in [7, 11) is 0. The van der Waals surface area contributed by atoms with Crippen LogP contribution in [-0.2, 0) is 0 Å². The summed E-state index contributed by atoms with van der Waals surface area (Å²) >= 11 is 0. The summed E-state index contributed by atoms with van der Waals surface area (Å²) in [6.45, 7) is 4.90. The van der Waals surface area contributed by atoms with Gasteiger partial charge in [-0.1, -0.05) is 26.0 Å². The molecule has 0 radical (unpaired) electrons. The Morgan fingerprint density at radius 3 is 2.40 bits per heavy atom. The highest BCUT2D eigenvalue weighted by Crippen LogP contribution is 2.67. The SMILES string of the molecule is CC(C)C1CC2CC1C1C3C=CC(C3)C21. The number of rotatable bonds is 1. The fourth-order valence-corrected chi connectivity index (χ4v) is 5.83. The second kappa shape index (κ2) is 2.70. The van der Waals surface area contributed by atoms with Crippen molar-refractivity contribution >= 4 is 0 Å². The predicted octanol–water partition coefficient (Wildman–Crippen LogP) is 3.74. The van der Waals surface area contributed by atoms with Crippen molar-refractivity contribution in [1.29, 1.82) is 0 Å². The van der Waals surface area contributed by atoms with E-state index in [-0.39, 0.29) is 0 Å². The van der Waals surface area contributed by atoms with Gasteiger partial charge in [-0.05, 0) is 66.6 Å². The Balaban J connectivity index is 1.69. The van der Waals surface area contributed by atoms with Crippen molar-refractivity contribution in [2.45, 2.75) is 33.1 Å². The van der Waals surface area contributed by atoms with Crippen LogP contribution in [0.15, 0.2) is 12.2 Å². The Bertz CT molecular complexity index is 314. The van der Waals surface area contributed by atoms with Crippen LogP contribution in [0.2, 0.25) is 0 Å². The molecule has 0 aromatic rings. The van der Waals surface area contributed by atoms with Gasteiger partial charge in [-0.2, -0.15) is 0 Å². The van der Waals surface area contributed by atoms with Crippen molar-refractivity contribution in [3.63, 3.8) is 0 Å². The van der Waals surface area contributed by atoms with E-state index in [0.717, 1.165) is 47.3 Å². The molecule has 0 nitrogen and oxygen atoms in total.